The van der Waals surface area contributed by atoms with Crippen LogP contribution in [0.5, 0.6) is 0 Å². The molecular weight excluding hydrogens is 190 g/mol. The zero-order chi connectivity index (χ0) is 11.7. The van der Waals surface area contributed by atoms with Crippen LogP contribution in [0.1, 0.15) is 52.9 Å². The fourth-order valence-corrected chi connectivity index (χ4v) is 2.06. The minimum atomic E-state index is -1.08. The number of carbonyl (C=O) groups excluding carboxylic acids is 1. The van der Waals surface area contributed by atoms with Gasteiger partial charge in [0.15, 0.2) is 0 Å². The SMILES string of the molecule is CC(=O)[O-].CCCCC[NH+]1CCCC1C. The van der Waals surface area contributed by atoms with E-state index < -0.39 is 5.97 Å². The fourth-order valence-electron chi connectivity index (χ4n) is 2.06. The van der Waals surface area contributed by atoms with Gasteiger partial charge in [0.2, 0.25) is 0 Å². The van der Waals surface area contributed by atoms with Crippen molar-refractivity contribution in [3.05, 3.63) is 0 Å². The van der Waals surface area contributed by atoms with Crippen LogP contribution in [0.4, 0.5) is 0 Å². The summed E-state index contributed by atoms with van der Waals surface area (Å²) in [4.78, 5) is 10.7. The Morgan fingerprint density at radius 3 is 2.47 bits per heavy atom. The van der Waals surface area contributed by atoms with Crippen LogP contribution in [0, 0.1) is 0 Å². The number of unbranched alkanes of at least 4 members (excludes halogenated alkanes) is 2. The summed E-state index contributed by atoms with van der Waals surface area (Å²) in [5, 5.41) is 8.89. The Kier molecular flexibility index (Phi) is 8.38. The first-order valence-corrected chi connectivity index (χ1v) is 6.10. The van der Waals surface area contributed by atoms with E-state index in [0.29, 0.717) is 0 Å². The number of carboxylic acid groups (broad SMARTS) is 1. The first-order chi connectivity index (χ1) is 7.07. The lowest BCUT2D eigenvalue weighted by atomic mass is 10.2. The molecule has 2 unspecified atom stereocenters. The number of nitrogens with one attached hydrogen (secondary N) is 1. The second kappa shape index (κ2) is 8.72. The van der Waals surface area contributed by atoms with Gasteiger partial charge < -0.3 is 14.8 Å². The standard InChI is InChI=1S/C10H21N.C2H4O2/c1-3-4-5-8-11-9-6-7-10(11)2;1-2(3)4/h10H,3-9H2,1-2H3;1H3,(H,3,4). The molecule has 1 aliphatic rings. The van der Waals surface area contributed by atoms with E-state index in [4.69, 9.17) is 9.90 Å². The molecule has 3 nitrogen and oxygen atoms in total. The van der Waals surface area contributed by atoms with E-state index in [-0.39, 0.29) is 0 Å². The first kappa shape index (κ1) is 14.4. The number of carboxylic acids is 1. The smallest absolute Gasteiger partial charge is 0.0848 e. The van der Waals surface area contributed by atoms with Crippen LogP contribution in [0.15, 0.2) is 0 Å². The molecule has 0 aromatic carbocycles. The van der Waals surface area contributed by atoms with E-state index in [1.165, 1.54) is 45.2 Å². The summed E-state index contributed by atoms with van der Waals surface area (Å²) in [7, 11) is 0. The van der Waals surface area contributed by atoms with Gasteiger partial charge in [0.25, 0.3) is 0 Å². The highest BCUT2D eigenvalue weighted by atomic mass is 16.4. The zero-order valence-electron chi connectivity index (χ0n) is 10.3. The molecule has 0 aromatic heterocycles. The largest absolute Gasteiger partial charge is 0.550 e. The van der Waals surface area contributed by atoms with E-state index >= 15 is 0 Å². The predicted molar refractivity (Wildman–Crippen MR) is 59.6 cm³/mol. The summed E-state index contributed by atoms with van der Waals surface area (Å²) in [6, 6.07) is 0.951. The van der Waals surface area contributed by atoms with Crippen LogP contribution in [0.2, 0.25) is 0 Å². The molecule has 0 radical (unpaired) electrons. The van der Waals surface area contributed by atoms with Crippen molar-refractivity contribution >= 4 is 5.97 Å². The molecule has 0 spiro atoms. The van der Waals surface area contributed by atoms with Gasteiger partial charge in [-0.2, -0.15) is 0 Å². The maximum absolute atomic E-state index is 8.89. The molecule has 3 heteroatoms. The lowest BCUT2D eigenvalue weighted by molar-refractivity contribution is -0.910. The highest BCUT2D eigenvalue weighted by Crippen LogP contribution is 1.99. The monoisotopic (exact) mass is 215 g/mol. The molecule has 15 heavy (non-hydrogen) atoms. The summed E-state index contributed by atoms with van der Waals surface area (Å²) in [6.07, 6.45) is 7.15. The number of carbonyl (C=O) groups is 1. The van der Waals surface area contributed by atoms with E-state index in [0.717, 1.165) is 13.0 Å². The molecule has 0 bridgehead atoms. The molecule has 90 valence electrons. The van der Waals surface area contributed by atoms with Crippen LogP contribution in [0.3, 0.4) is 0 Å². The number of rotatable bonds is 4. The third-order valence-corrected chi connectivity index (χ3v) is 2.93. The van der Waals surface area contributed by atoms with Crippen LogP contribution >= 0.6 is 0 Å². The second-order valence-corrected chi connectivity index (χ2v) is 4.40. The second-order valence-electron chi connectivity index (χ2n) is 4.40. The number of aliphatic carboxylic acids is 1. The van der Waals surface area contributed by atoms with Gasteiger partial charge in [-0.15, -0.1) is 0 Å². The quantitative estimate of drug-likeness (QED) is 0.671. The molecule has 1 rings (SSSR count). The average Bonchev–Trinajstić information content (AvgIpc) is 2.51. The molecule has 1 saturated heterocycles. The Labute approximate surface area is 93.5 Å². The first-order valence-electron chi connectivity index (χ1n) is 6.10. The number of hydrogen-bond acceptors (Lipinski definition) is 2. The van der Waals surface area contributed by atoms with E-state index in [1.807, 2.05) is 4.90 Å². The van der Waals surface area contributed by atoms with Crippen molar-refractivity contribution in [3.8, 4) is 0 Å². The topological polar surface area (TPSA) is 44.6 Å². The molecule has 0 aliphatic carbocycles. The van der Waals surface area contributed by atoms with E-state index in [2.05, 4.69) is 13.8 Å². The Balaban J connectivity index is 0.000000423. The molecule has 1 fully saturated rings. The molecule has 1 aliphatic heterocycles. The highest BCUT2D eigenvalue weighted by molar-refractivity contribution is 5.60. The third kappa shape index (κ3) is 8.43. The van der Waals surface area contributed by atoms with Crippen molar-refractivity contribution < 1.29 is 14.8 Å². The maximum Gasteiger partial charge on any atom is 0.0848 e. The van der Waals surface area contributed by atoms with Crippen molar-refractivity contribution in [2.75, 3.05) is 13.1 Å². The number of likely N-dealkylation sites (tertiary alicyclic amines) is 1. The number of quaternary nitrogens is 1. The lowest BCUT2D eigenvalue weighted by Gasteiger charge is -2.17. The van der Waals surface area contributed by atoms with Crippen LogP contribution in [0.25, 0.3) is 0 Å². The lowest BCUT2D eigenvalue weighted by Crippen LogP contribution is -3.13. The van der Waals surface area contributed by atoms with Crippen molar-refractivity contribution in [3.63, 3.8) is 0 Å². The van der Waals surface area contributed by atoms with Gasteiger partial charge in [-0.05, 0) is 26.7 Å². The minimum Gasteiger partial charge on any atom is -0.550 e. The van der Waals surface area contributed by atoms with Crippen molar-refractivity contribution in [2.24, 2.45) is 0 Å². The summed E-state index contributed by atoms with van der Waals surface area (Å²) < 4.78 is 0. The Bertz CT molecular complexity index is 167. The van der Waals surface area contributed by atoms with Gasteiger partial charge in [-0.1, -0.05) is 13.3 Å². The van der Waals surface area contributed by atoms with Gasteiger partial charge in [-0.25, -0.2) is 0 Å². The fraction of sp³-hybridized carbons (Fsp3) is 0.917. The summed E-state index contributed by atoms with van der Waals surface area (Å²) in [5.74, 6) is -1.08. The normalized spacial score (nSPS) is 24.5. The van der Waals surface area contributed by atoms with Crippen LogP contribution in [-0.2, 0) is 4.79 Å². The Hall–Kier alpha value is -0.570. The van der Waals surface area contributed by atoms with Gasteiger partial charge in [0.1, 0.15) is 0 Å². The minimum absolute atomic E-state index is 0.951. The van der Waals surface area contributed by atoms with E-state index in [1.54, 1.807) is 0 Å². The van der Waals surface area contributed by atoms with Gasteiger partial charge in [0, 0.05) is 18.8 Å². The zero-order valence-corrected chi connectivity index (χ0v) is 10.3. The maximum atomic E-state index is 8.89. The summed E-state index contributed by atoms with van der Waals surface area (Å²) >= 11 is 0. The Morgan fingerprint density at radius 1 is 1.47 bits per heavy atom. The molecule has 1 heterocycles. The summed E-state index contributed by atoms with van der Waals surface area (Å²) in [6.45, 7) is 8.51. The molecule has 1 N–H and O–H groups in total. The van der Waals surface area contributed by atoms with Gasteiger partial charge in [0.05, 0.1) is 19.1 Å². The van der Waals surface area contributed by atoms with Crippen molar-refractivity contribution in [1.29, 1.82) is 0 Å². The number of hydrogen-bond donors (Lipinski definition) is 1. The molecule has 0 aromatic rings. The van der Waals surface area contributed by atoms with Crippen LogP contribution in [-0.4, -0.2) is 25.1 Å². The Morgan fingerprint density at radius 2 is 2.07 bits per heavy atom. The van der Waals surface area contributed by atoms with Gasteiger partial charge >= 0.3 is 0 Å². The van der Waals surface area contributed by atoms with Crippen LogP contribution < -0.4 is 10.0 Å². The van der Waals surface area contributed by atoms with Gasteiger partial charge in [-0.3, -0.25) is 0 Å². The molecule has 2 atom stereocenters. The van der Waals surface area contributed by atoms with Crippen molar-refractivity contribution in [1.82, 2.24) is 0 Å². The average molecular weight is 215 g/mol. The highest BCUT2D eigenvalue weighted by Gasteiger charge is 2.22. The van der Waals surface area contributed by atoms with Crippen molar-refractivity contribution in [2.45, 2.75) is 58.9 Å². The molecule has 0 saturated carbocycles. The predicted octanol–water partition coefficient (Wildman–Crippen LogP) is 0.00000000000000111. The van der Waals surface area contributed by atoms with E-state index in [9.17, 15) is 0 Å². The molecule has 0 amide bonds. The molecular formula is C12H25NO2. The third-order valence-electron chi connectivity index (χ3n) is 2.93. The summed E-state index contributed by atoms with van der Waals surface area (Å²) in [5.41, 5.74) is 0.